The fourth-order valence-electron chi connectivity index (χ4n) is 3.41. The monoisotopic (exact) mass is 504 g/mol. The number of nitrogens with zero attached hydrogens (tertiary/aromatic N) is 2. The van der Waals surface area contributed by atoms with Crippen LogP contribution in [-0.2, 0) is 0 Å². The van der Waals surface area contributed by atoms with E-state index in [-0.39, 0.29) is 11.5 Å². The van der Waals surface area contributed by atoms with E-state index >= 15 is 0 Å². The Morgan fingerprint density at radius 2 is 1.59 bits per heavy atom. The molecule has 0 aliphatic carbocycles. The standard InChI is InChI=1S/C26H21BrN2O2S/c1-17(2)21-10-6-7-11-22(21)29-24(30)16-23(18-8-4-3-5-9-18)32-26(29)28-25(31)19-12-14-20(27)15-13-19/h3-17H,1-2H3/b28-26-. The molecule has 4 rings (SSSR count). The highest BCUT2D eigenvalue weighted by Crippen LogP contribution is 2.23. The molecular formula is C26H21BrN2O2S. The van der Waals surface area contributed by atoms with Crippen molar-refractivity contribution in [2.45, 2.75) is 19.8 Å². The second-order valence-corrected chi connectivity index (χ2v) is 9.50. The van der Waals surface area contributed by atoms with Gasteiger partial charge in [0, 0.05) is 21.0 Å². The maximum Gasteiger partial charge on any atom is 0.279 e. The van der Waals surface area contributed by atoms with Crippen LogP contribution < -0.4 is 10.4 Å². The third-order valence-electron chi connectivity index (χ3n) is 5.01. The Bertz CT molecular complexity index is 1390. The number of amides is 1. The average Bonchev–Trinajstić information content (AvgIpc) is 2.80. The van der Waals surface area contributed by atoms with E-state index in [0.717, 1.165) is 26.2 Å². The molecule has 1 heterocycles. The van der Waals surface area contributed by atoms with Crippen LogP contribution in [0.5, 0.6) is 0 Å². The molecule has 0 fully saturated rings. The number of benzene rings is 3. The van der Waals surface area contributed by atoms with Gasteiger partial charge in [0.15, 0.2) is 0 Å². The van der Waals surface area contributed by atoms with Crippen LogP contribution in [0.3, 0.4) is 0 Å². The van der Waals surface area contributed by atoms with Crippen LogP contribution in [0.1, 0.15) is 35.7 Å². The van der Waals surface area contributed by atoms with Gasteiger partial charge in [-0.25, -0.2) is 0 Å². The van der Waals surface area contributed by atoms with Crippen molar-refractivity contribution in [2.24, 2.45) is 4.99 Å². The molecule has 4 aromatic rings. The van der Waals surface area contributed by atoms with Crippen molar-refractivity contribution >= 4 is 33.2 Å². The number of para-hydroxylation sites is 1. The lowest BCUT2D eigenvalue weighted by atomic mass is 10.0. The lowest BCUT2D eigenvalue weighted by Crippen LogP contribution is -2.31. The van der Waals surface area contributed by atoms with Crippen LogP contribution in [0.4, 0.5) is 0 Å². The van der Waals surface area contributed by atoms with Gasteiger partial charge in [-0.15, -0.1) is 0 Å². The van der Waals surface area contributed by atoms with Crippen molar-refractivity contribution in [1.82, 2.24) is 4.57 Å². The molecule has 1 aromatic heterocycles. The molecule has 0 saturated heterocycles. The van der Waals surface area contributed by atoms with Crippen LogP contribution in [0, 0.1) is 0 Å². The molecule has 0 aliphatic heterocycles. The Kier molecular flexibility index (Phi) is 6.63. The normalized spacial score (nSPS) is 11.7. The third kappa shape index (κ3) is 4.71. The summed E-state index contributed by atoms with van der Waals surface area (Å²) in [5.74, 6) is -0.193. The molecule has 0 saturated carbocycles. The number of hydrogen-bond acceptors (Lipinski definition) is 3. The SMILES string of the molecule is CC(C)c1ccccc1-n1c(=O)cc(-c2ccccc2)s/c1=N\C(=O)c1ccc(Br)cc1. The van der Waals surface area contributed by atoms with E-state index < -0.39 is 5.91 Å². The molecule has 1 amide bonds. The summed E-state index contributed by atoms with van der Waals surface area (Å²) in [4.78, 5) is 31.9. The lowest BCUT2D eigenvalue weighted by Gasteiger charge is -2.15. The maximum absolute atomic E-state index is 13.4. The number of halogens is 1. The number of carbonyl (C=O) groups excluding carboxylic acids is 1. The van der Waals surface area contributed by atoms with E-state index in [0.29, 0.717) is 10.4 Å². The molecular weight excluding hydrogens is 484 g/mol. The van der Waals surface area contributed by atoms with Gasteiger partial charge in [0.1, 0.15) is 0 Å². The van der Waals surface area contributed by atoms with Gasteiger partial charge in [-0.3, -0.25) is 14.2 Å². The van der Waals surface area contributed by atoms with Crippen molar-refractivity contribution in [2.75, 3.05) is 0 Å². The Hall–Kier alpha value is -3.09. The topological polar surface area (TPSA) is 51.4 Å². The first-order valence-electron chi connectivity index (χ1n) is 10.2. The molecule has 4 nitrogen and oxygen atoms in total. The Morgan fingerprint density at radius 1 is 0.938 bits per heavy atom. The van der Waals surface area contributed by atoms with Crippen molar-refractivity contribution in [3.63, 3.8) is 0 Å². The van der Waals surface area contributed by atoms with E-state index in [2.05, 4.69) is 34.8 Å². The zero-order chi connectivity index (χ0) is 22.7. The van der Waals surface area contributed by atoms with Crippen LogP contribution in [0.15, 0.2) is 99.2 Å². The zero-order valence-electron chi connectivity index (χ0n) is 17.7. The summed E-state index contributed by atoms with van der Waals surface area (Å²) in [6, 6.07) is 26.0. The molecule has 0 N–H and O–H groups in total. The van der Waals surface area contributed by atoms with Gasteiger partial charge in [0.05, 0.1) is 5.69 Å². The lowest BCUT2D eigenvalue weighted by molar-refractivity contribution is 0.0998. The number of aromatic nitrogens is 1. The van der Waals surface area contributed by atoms with Crippen LogP contribution in [0.2, 0.25) is 0 Å². The molecule has 6 heteroatoms. The Labute approximate surface area is 198 Å². The summed E-state index contributed by atoms with van der Waals surface area (Å²) in [5, 5.41) is 0. The predicted octanol–water partition coefficient (Wildman–Crippen LogP) is 6.19. The van der Waals surface area contributed by atoms with E-state index in [9.17, 15) is 9.59 Å². The summed E-state index contributed by atoms with van der Waals surface area (Å²) in [6.07, 6.45) is 0. The van der Waals surface area contributed by atoms with Gasteiger partial charge in [-0.2, -0.15) is 4.99 Å². The zero-order valence-corrected chi connectivity index (χ0v) is 20.1. The first-order valence-corrected chi connectivity index (χ1v) is 11.8. The van der Waals surface area contributed by atoms with Gasteiger partial charge in [-0.1, -0.05) is 89.6 Å². The minimum Gasteiger partial charge on any atom is -0.269 e. The van der Waals surface area contributed by atoms with Gasteiger partial charge in [-0.05, 0) is 47.4 Å². The van der Waals surface area contributed by atoms with Gasteiger partial charge < -0.3 is 0 Å². The first-order chi connectivity index (χ1) is 15.4. The number of carbonyl (C=O) groups is 1. The predicted molar refractivity (Wildman–Crippen MR) is 133 cm³/mol. The van der Waals surface area contributed by atoms with Crippen LogP contribution in [0.25, 0.3) is 16.1 Å². The molecule has 3 aromatic carbocycles. The van der Waals surface area contributed by atoms with E-state index in [1.165, 1.54) is 11.3 Å². The van der Waals surface area contributed by atoms with Gasteiger partial charge in [0.25, 0.3) is 11.5 Å². The second kappa shape index (κ2) is 9.59. The van der Waals surface area contributed by atoms with Crippen molar-refractivity contribution in [3.8, 4) is 16.1 Å². The number of hydrogen-bond donors (Lipinski definition) is 0. The molecule has 0 bridgehead atoms. The Morgan fingerprint density at radius 3 is 2.28 bits per heavy atom. The average molecular weight is 505 g/mol. The van der Waals surface area contributed by atoms with Crippen molar-refractivity contribution in [3.05, 3.63) is 116 Å². The quantitative estimate of drug-likeness (QED) is 0.332. The fraction of sp³-hybridized carbons (Fsp3) is 0.115. The van der Waals surface area contributed by atoms with E-state index in [1.807, 2.05) is 54.6 Å². The molecule has 0 unspecified atom stereocenters. The first kappa shape index (κ1) is 22.1. The van der Waals surface area contributed by atoms with Crippen LogP contribution >= 0.6 is 27.3 Å². The molecule has 32 heavy (non-hydrogen) atoms. The maximum atomic E-state index is 13.4. The third-order valence-corrected chi connectivity index (χ3v) is 6.57. The van der Waals surface area contributed by atoms with E-state index in [1.54, 1.807) is 34.9 Å². The van der Waals surface area contributed by atoms with Crippen molar-refractivity contribution in [1.29, 1.82) is 0 Å². The van der Waals surface area contributed by atoms with Gasteiger partial charge in [0.2, 0.25) is 4.80 Å². The number of rotatable bonds is 4. The summed E-state index contributed by atoms with van der Waals surface area (Å²) >= 11 is 4.71. The molecule has 160 valence electrons. The molecule has 0 radical (unpaired) electrons. The van der Waals surface area contributed by atoms with E-state index in [4.69, 9.17) is 0 Å². The van der Waals surface area contributed by atoms with Crippen LogP contribution in [-0.4, -0.2) is 10.5 Å². The highest BCUT2D eigenvalue weighted by atomic mass is 79.9. The van der Waals surface area contributed by atoms with Gasteiger partial charge >= 0.3 is 0 Å². The summed E-state index contributed by atoms with van der Waals surface area (Å²) in [5.41, 5.74) is 2.90. The summed E-state index contributed by atoms with van der Waals surface area (Å²) in [7, 11) is 0. The summed E-state index contributed by atoms with van der Waals surface area (Å²) < 4.78 is 2.43. The molecule has 0 aliphatic rings. The van der Waals surface area contributed by atoms with Crippen molar-refractivity contribution < 1.29 is 4.79 Å². The minimum atomic E-state index is -0.394. The second-order valence-electron chi connectivity index (χ2n) is 7.57. The fourth-order valence-corrected chi connectivity index (χ4v) is 4.69. The smallest absolute Gasteiger partial charge is 0.269 e. The molecule has 0 atom stereocenters. The minimum absolute atomic E-state index is 0.201. The highest BCUT2D eigenvalue weighted by molar-refractivity contribution is 9.10. The largest absolute Gasteiger partial charge is 0.279 e. The Balaban J connectivity index is 1.99. The summed E-state index contributed by atoms with van der Waals surface area (Å²) in [6.45, 7) is 4.16. The molecule has 0 spiro atoms. The highest BCUT2D eigenvalue weighted by Gasteiger charge is 2.14.